The second kappa shape index (κ2) is 7.97. The number of carbonyl (C=O) groups is 1. The van der Waals surface area contributed by atoms with Crippen LogP contribution in [0.1, 0.15) is 0 Å². The van der Waals surface area contributed by atoms with E-state index in [0.717, 1.165) is 0 Å². The van der Waals surface area contributed by atoms with Crippen LogP contribution < -0.4 is 20.5 Å². The summed E-state index contributed by atoms with van der Waals surface area (Å²) < 4.78 is 17.1. The van der Waals surface area contributed by atoms with Gasteiger partial charge in [0, 0.05) is 11.1 Å². The maximum Gasteiger partial charge on any atom is 0.420 e. The molecule has 0 fully saturated rings. The first kappa shape index (κ1) is 17.9. The van der Waals surface area contributed by atoms with Gasteiger partial charge < -0.3 is 19.2 Å². The molecule has 2 aromatic carbocycles. The van der Waals surface area contributed by atoms with E-state index in [9.17, 15) is 9.59 Å². The summed E-state index contributed by atoms with van der Waals surface area (Å²) in [7, 11) is 1.56. The monoisotopic (exact) mass is 376 g/mol. The molecule has 3 aromatic rings. The van der Waals surface area contributed by atoms with Gasteiger partial charge in [0.15, 0.2) is 17.1 Å². The number of halogens is 1. The summed E-state index contributed by atoms with van der Waals surface area (Å²) in [5, 5.41) is 3.15. The first-order valence-electron chi connectivity index (χ1n) is 7.90. The standard InChI is InChI=1S/C18H17ClN2O5/c1-24-14-4-2-3-5-15(14)25-9-8-20-17(22)11-21-13-7-6-12(19)10-16(13)26-18(21)23/h2-7,10H,8-9,11H2,1H3,(H,20,22). The SMILES string of the molecule is COc1ccccc1OCCNC(=O)Cn1c(=O)oc2cc(Cl)ccc21. The van der Waals surface area contributed by atoms with Crippen molar-refractivity contribution in [2.24, 2.45) is 0 Å². The summed E-state index contributed by atoms with van der Waals surface area (Å²) >= 11 is 5.87. The third kappa shape index (κ3) is 4.00. The summed E-state index contributed by atoms with van der Waals surface area (Å²) in [6.07, 6.45) is 0. The van der Waals surface area contributed by atoms with Crippen molar-refractivity contribution in [2.45, 2.75) is 6.54 Å². The summed E-state index contributed by atoms with van der Waals surface area (Å²) in [6, 6.07) is 12.1. The second-order valence-corrected chi connectivity index (χ2v) is 5.85. The van der Waals surface area contributed by atoms with Crippen molar-refractivity contribution < 1.29 is 18.7 Å². The molecular weight excluding hydrogens is 360 g/mol. The van der Waals surface area contributed by atoms with Crippen LogP contribution in [0, 0.1) is 0 Å². The Labute approximate surface area is 154 Å². The minimum Gasteiger partial charge on any atom is -0.493 e. The van der Waals surface area contributed by atoms with E-state index in [0.29, 0.717) is 27.6 Å². The third-order valence-corrected chi connectivity index (χ3v) is 3.92. The predicted octanol–water partition coefficient (Wildman–Crippen LogP) is 2.45. The van der Waals surface area contributed by atoms with Crippen molar-refractivity contribution in [3.8, 4) is 11.5 Å². The fourth-order valence-electron chi connectivity index (χ4n) is 2.48. The molecule has 0 spiro atoms. The molecule has 1 heterocycles. The minimum absolute atomic E-state index is 0.151. The number of fused-ring (bicyclic) bond motifs is 1. The van der Waals surface area contributed by atoms with Crippen LogP contribution in [0.2, 0.25) is 5.02 Å². The quantitative estimate of drug-likeness (QED) is 0.640. The Hall–Kier alpha value is -2.93. The zero-order valence-corrected chi connectivity index (χ0v) is 14.8. The van der Waals surface area contributed by atoms with Gasteiger partial charge in [0.1, 0.15) is 13.2 Å². The first-order valence-corrected chi connectivity index (χ1v) is 8.27. The molecule has 8 heteroatoms. The lowest BCUT2D eigenvalue weighted by atomic mass is 10.3. The molecule has 1 aromatic heterocycles. The van der Waals surface area contributed by atoms with Gasteiger partial charge in [-0.1, -0.05) is 23.7 Å². The van der Waals surface area contributed by atoms with Gasteiger partial charge >= 0.3 is 5.76 Å². The Morgan fingerprint density at radius 1 is 1.23 bits per heavy atom. The lowest BCUT2D eigenvalue weighted by Crippen LogP contribution is -2.33. The van der Waals surface area contributed by atoms with Gasteiger partial charge in [-0.25, -0.2) is 4.79 Å². The zero-order chi connectivity index (χ0) is 18.5. The van der Waals surface area contributed by atoms with E-state index in [-0.39, 0.29) is 25.6 Å². The van der Waals surface area contributed by atoms with Crippen LogP contribution in [0.4, 0.5) is 0 Å². The smallest absolute Gasteiger partial charge is 0.420 e. The normalized spacial score (nSPS) is 10.7. The molecule has 26 heavy (non-hydrogen) atoms. The number of ether oxygens (including phenoxy) is 2. The van der Waals surface area contributed by atoms with Crippen LogP contribution in [0.25, 0.3) is 11.1 Å². The first-order chi connectivity index (χ1) is 12.6. The van der Waals surface area contributed by atoms with Crippen molar-refractivity contribution in [2.75, 3.05) is 20.3 Å². The molecule has 0 aliphatic heterocycles. The van der Waals surface area contributed by atoms with Crippen LogP contribution in [-0.4, -0.2) is 30.7 Å². The zero-order valence-electron chi connectivity index (χ0n) is 14.0. The Balaban J connectivity index is 1.55. The van der Waals surface area contributed by atoms with Crippen molar-refractivity contribution in [1.82, 2.24) is 9.88 Å². The van der Waals surface area contributed by atoms with Crippen LogP contribution in [0.3, 0.4) is 0 Å². The minimum atomic E-state index is -0.609. The molecule has 3 rings (SSSR count). The second-order valence-electron chi connectivity index (χ2n) is 5.42. The van der Waals surface area contributed by atoms with Gasteiger partial charge in [-0.05, 0) is 24.3 Å². The van der Waals surface area contributed by atoms with Gasteiger partial charge in [-0.3, -0.25) is 9.36 Å². The number of hydrogen-bond acceptors (Lipinski definition) is 5. The number of nitrogens with zero attached hydrogens (tertiary/aromatic N) is 1. The van der Waals surface area contributed by atoms with Crippen molar-refractivity contribution in [1.29, 1.82) is 0 Å². The lowest BCUT2D eigenvalue weighted by Gasteiger charge is -2.11. The fraction of sp³-hybridized carbons (Fsp3) is 0.222. The van der Waals surface area contributed by atoms with Crippen LogP contribution in [-0.2, 0) is 11.3 Å². The number of nitrogens with one attached hydrogen (secondary N) is 1. The molecule has 0 atom stereocenters. The molecule has 1 N–H and O–H groups in total. The van der Waals surface area contributed by atoms with E-state index in [1.807, 2.05) is 12.1 Å². The summed E-state index contributed by atoms with van der Waals surface area (Å²) in [5.74, 6) is 0.281. The number of hydrogen-bond donors (Lipinski definition) is 1. The molecule has 0 radical (unpaired) electrons. The van der Waals surface area contributed by atoms with E-state index in [2.05, 4.69) is 5.32 Å². The fourth-order valence-corrected chi connectivity index (χ4v) is 2.64. The Bertz CT molecular complexity index is 979. The van der Waals surface area contributed by atoms with Crippen molar-refractivity contribution in [3.05, 3.63) is 58.0 Å². The number of oxazole rings is 1. The van der Waals surface area contributed by atoms with Crippen LogP contribution in [0.5, 0.6) is 11.5 Å². The highest BCUT2D eigenvalue weighted by Gasteiger charge is 2.13. The van der Waals surface area contributed by atoms with Crippen molar-refractivity contribution >= 4 is 28.6 Å². The molecule has 0 aliphatic rings. The van der Waals surface area contributed by atoms with E-state index in [1.54, 1.807) is 31.4 Å². The maximum absolute atomic E-state index is 12.1. The van der Waals surface area contributed by atoms with Gasteiger partial charge in [0.2, 0.25) is 5.91 Å². The largest absolute Gasteiger partial charge is 0.493 e. The molecule has 136 valence electrons. The van der Waals surface area contributed by atoms with Gasteiger partial charge in [0.05, 0.1) is 19.2 Å². The van der Waals surface area contributed by atoms with Crippen LogP contribution in [0.15, 0.2) is 51.7 Å². The number of benzene rings is 2. The molecule has 0 unspecified atom stereocenters. The summed E-state index contributed by atoms with van der Waals surface area (Å²) in [6.45, 7) is 0.401. The topological polar surface area (TPSA) is 82.7 Å². The summed E-state index contributed by atoms with van der Waals surface area (Å²) in [4.78, 5) is 24.0. The number of amides is 1. The molecule has 0 bridgehead atoms. The van der Waals surface area contributed by atoms with Gasteiger partial charge in [-0.2, -0.15) is 0 Å². The Morgan fingerprint density at radius 2 is 2.00 bits per heavy atom. The number of methoxy groups -OCH3 is 1. The lowest BCUT2D eigenvalue weighted by molar-refractivity contribution is -0.121. The summed E-state index contributed by atoms with van der Waals surface area (Å²) in [5.41, 5.74) is 0.856. The average molecular weight is 377 g/mol. The maximum atomic E-state index is 12.1. The predicted molar refractivity (Wildman–Crippen MR) is 97.0 cm³/mol. The molecule has 0 aliphatic carbocycles. The highest BCUT2D eigenvalue weighted by Crippen LogP contribution is 2.25. The molecule has 0 saturated heterocycles. The Kier molecular flexibility index (Phi) is 5.48. The average Bonchev–Trinajstić information content (AvgIpc) is 2.93. The number of para-hydroxylation sites is 2. The number of rotatable bonds is 7. The highest BCUT2D eigenvalue weighted by molar-refractivity contribution is 6.31. The molecule has 1 amide bonds. The molecule has 7 nitrogen and oxygen atoms in total. The van der Waals surface area contributed by atoms with Gasteiger partial charge in [0.25, 0.3) is 0 Å². The molecule has 0 saturated carbocycles. The van der Waals surface area contributed by atoms with E-state index in [1.165, 1.54) is 10.6 Å². The van der Waals surface area contributed by atoms with E-state index in [4.69, 9.17) is 25.5 Å². The van der Waals surface area contributed by atoms with Gasteiger partial charge in [-0.15, -0.1) is 0 Å². The number of aromatic nitrogens is 1. The third-order valence-electron chi connectivity index (χ3n) is 3.68. The van der Waals surface area contributed by atoms with Crippen molar-refractivity contribution in [3.63, 3.8) is 0 Å². The molecular formula is C18H17ClN2O5. The Morgan fingerprint density at radius 3 is 2.77 bits per heavy atom. The highest BCUT2D eigenvalue weighted by atomic mass is 35.5. The van der Waals surface area contributed by atoms with E-state index >= 15 is 0 Å². The number of carbonyl (C=O) groups excluding carboxylic acids is 1. The van der Waals surface area contributed by atoms with E-state index < -0.39 is 5.76 Å². The van der Waals surface area contributed by atoms with Crippen LogP contribution >= 0.6 is 11.6 Å².